The Morgan fingerprint density at radius 1 is 1.41 bits per heavy atom. The van der Waals surface area contributed by atoms with Crippen LogP contribution in [0.2, 0.25) is 0 Å². The summed E-state index contributed by atoms with van der Waals surface area (Å²) >= 11 is 1.47. The number of fused-ring (bicyclic) bond motifs is 1. The summed E-state index contributed by atoms with van der Waals surface area (Å²) in [6.45, 7) is 0. The van der Waals surface area contributed by atoms with E-state index >= 15 is 0 Å². The van der Waals surface area contributed by atoms with Crippen LogP contribution in [-0.2, 0) is 11.2 Å². The van der Waals surface area contributed by atoms with Crippen LogP contribution < -0.4 is 15.6 Å². The van der Waals surface area contributed by atoms with Crippen LogP contribution in [0.25, 0.3) is 4.96 Å². The van der Waals surface area contributed by atoms with E-state index in [9.17, 15) is 14.8 Å². The number of carbonyl (C=O) groups excluding carboxylic acids is 2. The van der Waals surface area contributed by atoms with Gasteiger partial charge >= 0.3 is 0 Å². The molecule has 3 rings (SSSR count). The Kier molecular flexibility index (Phi) is 3.71. The number of hydrogen-bond acceptors (Lipinski definition) is 5. The van der Waals surface area contributed by atoms with Crippen molar-refractivity contribution in [1.29, 1.82) is 0 Å². The Hall–Kier alpha value is -2.94. The maximum absolute atomic E-state index is 11.8. The van der Waals surface area contributed by atoms with E-state index < -0.39 is 11.8 Å². The van der Waals surface area contributed by atoms with Gasteiger partial charge in [0.2, 0.25) is 5.91 Å². The highest BCUT2D eigenvalue weighted by Gasteiger charge is 2.12. The Morgan fingerprint density at radius 3 is 3.05 bits per heavy atom. The molecule has 0 atom stereocenters. The van der Waals surface area contributed by atoms with E-state index in [-0.39, 0.29) is 12.0 Å². The van der Waals surface area contributed by atoms with Gasteiger partial charge < -0.3 is 5.21 Å². The van der Waals surface area contributed by atoms with Gasteiger partial charge in [-0.15, -0.1) is 11.3 Å². The van der Waals surface area contributed by atoms with Crippen LogP contribution in [0.4, 0.5) is 0 Å². The summed E-state index contributed by atoms with van der Waals surface area (Å²) in [5.41, 5.74) is 5.30. The lowest BCUT2D eigenvalue weighted by atomic mass is 10.3. The fraction of sp³-hybridized carbons (Fsp3) is 0.0769. The minimum atomic E-state index is -0.565. The second-order valence-electron chi connectivity index (χ2n) is 4.46. The highest BCUT2D eigenvalue weighted by atomic mass is 32.1. The molecule has 2 amide bonds. The average molecular weight is 317 g/mol. The Bertz CT molecular complexity index is 812. The summed E-state index contributed by atoms with van der Waals surface area (Å²) in [4.78, 5) is 28.6. The van der Waals surface area contributed by atoms with Crippen molar-refractivity contribution in [2.75, 3.05) is 0 Å². The van der Waals surface area contributed by atoms with Gasteiger partial charge in [0.1, 0.15) is 5.56 Å². The highest BCUT2D eigenvalue weighted by Crippen LogP contribution is 2.11. The van der Waals surface area contributed by atoms with E-state index in [2.05, 4.69) is 15.8 Å². The molecule has 0 saturated carbocycles. The molecule has 0 aliphatic heterocycles. The zero-order valence-electron chi connectivity index (χ0n) is 11.2. The zero-order chi connectivity index (χ0) is 15.5. The Balaban J connectivity index is 1.55. The van der Waals surface area contributed by atoms with Crippen LogP contribution in [-0.4, -0.2) is 21.2 Å². The van der Waals surface area contributed by atoms with Crippen LogP contribution >= 0.6 is 11.3 Å². The second-order valence-corrected chi connectivity index (χ2v) is 5.33. The molecule has 3 aromatic heterocycles. The predicted octanol–water partition coefficient (Wildman–Crippen LogP) is 0.0329. The third-order valence-electron chi connectivity index (χ3n) is 2.84. The van der Waals surface area contributed by atoms with E-state index in [1.165, 1.54) is 29.7 Å². The maximum Gasteiger partial charge on any atom is 0.275 e. The standard InChI is InChI=1S/C13H11N5O3S/c19-11(6-10-8-17-4-5-22-13(17)14-10)15-16-12(20)9-2-1-3-18(21)7-9/h1-5,7-8H,6H2,(H,15,19)(H,16,20). The number of nitrogens with one attached hydrogen (secondary N) is 2. The van der Waals surface area contributed by atoms with Crippen LogP contribution in [0.3, 0.4) is 0 Å². The molecule has 0 unspecified atom stereocenters. The summed E-state index contributed by atoms with van der Waals surface area (Å²) in [6, 6.07) is 2.92. The molecule has 2 N–H and O–H groups in total. The lowest BCUT2D eigenvalue weighted by Gasteiger charge is -2.06. The van der Waals surface area contributed by atoms with Crippen molar-refractivity contribution in [3.63, 3.8) is 0 Å². The van der Waals surface area contributed by atoms with Gasteiger partial charge in [0.05, 0.1) is 12.1 Å². The van der Waals surface area contributed by atoms with E-state index in [1.54, 1.807) is 6.20 Å². The van der Waals surface area contributed by atoms with E-state index in [4.69, 9.17) is 0 Å². The van der Waals surface area contributed by atoms with Gasteiger partial charge in [-0.1, -0.05) is 0 Å². The maximum atomic E-state index is 11.8. The first-order valence-electron chi connectivity index (χ1n) is 6.31. The van der Waals surface area contributed by atoms with Gasteiger partial charge in [-0.05, 0) is 6.07 Å². The van der Waals surface area contributed by atoms with Gasteiger partial charge in [-0.2, -0.15) is 4.73 Å². The molecule has 0 aliphatic carbocycles. The SMILES string of the molecule is O=C(Cc1cn2ccsc2n1)NNC(=O)c1ccc[n+]([O-])c1. The average Bonchev–Trinajstić information content (AvgIpc) is 3.06. The number of thiazole rings is 1. The minimum absolute atomic E-state index is 0.0467. The smallest absolute Gasteiger partial charge is 0.275 e. The fourth-order valence-corrected chi connectivity index (χ4v) is 2.58. The number of rotatable bonds is 3. The van der Waals surface area contributed by atoms with Crippen LogP contribution in [0.15, 0.2) is 42.3 Å². The highest BCUT2D eigenvalue weighted by molar-refractivity contribution is 7.15. The molecule has 22 heavy (non-hydrogen) atoms. The van der Waals surface area contributed by atoms with Crippen molar-refractivity contribution >= 4 is 28.1 Å². The molecule has 112 valence electrons. The van der Waals surface area contributed by atoms with E-state index in [0.29, 0.717) is 10.4 Å². The molecule has 0 bridgehead atoms. The monoisotopic (exact) mass is 317 g/mol. The first-order valence-corrected chi connectivity index (χ1v) is 7.19. The Morgan fingerprint density at radius 2 is 2.27 bits per heavy atom. The predicted molar refractivity (Wildman–Crippen MR) is 77.8 cm³/mol. The Labute approximate surface area is 128 Å². The number of imidazole rings is 1. The minimum Gasteiger partial charge on any atom is -0.619 e. The first kappa shape index (κ1) is 14.0. The number of pyridine rings is 1. The molecule has 0 aromatic carbocycles. The van der Waals surface area contributed by atoms with Gasteiger partial charge in [-0.3, -0.25) is 24.8 Å². The molecule has 0 saturated heterocycles. The largest absolute Gasteiger partial charge is 0.619 e. The van der Waals surface area contributed by atoms with Gasteiger partial charge in [-0.25, -0.2) is 4.98 Å². The number of nitrogens with zero attached hydrogens (tertiary/aromatic N) is 3. The number of hydrogen-bond donors (Lipinski definition) is 2. The van der Waals surface area contributed by atoms with Crippen LogP contribution in [0.1, 0.15) is 16.1 Å². The topological polar surface area (TPSA) is 102 Å². The lowest BCUT2D eigenvalue weighted by Crippen LogP contribution is -2.43. The normalized spacial score (nSPS) is 10.5. The van der Waals surface area contributed by atoms with Crippen molar-refractivity contribution in [1.82, 2.24) is 20.2 Å². The molecule has 9 heteroatoms. The molecule has 0 fully saturated rings. The molecule has 8 nitrogen and oxygen atoms in total. The second kappa shape index (κ2) is 5.82. The number of carbonyl (C=O) groups is 2. The van der Waals surface area contributed by atoms with Crippen LogP contribution in [0, 0.1) is 5.21 Å². The first-order chi connectivity index (χ1) is 10.6. The summed E-state index contributed by atoms with van der Waals surface area (Å²) in [5, 5.41) is 13.0. The quantitative estimate of drug-likeness (QED) is 0.404. The molecule has 0 aliphatic rings. The number of aromatic nitrogens is 3. The van der Waals surface area contributed by atoms with Crippen molar-refractivity contribution in [3.8, 4) is 0 Å². The molecule has 0 radical (unpaired) electrons. The van der Waals surface area contributed by atoms with E-state index in [1.807, 2.05) is 16.0 Å². The van der Waals surface area contributed by atoms with Gasteiger partial charge in [0, 0.05) is 23.8 Å². The summed E-state index contributed by atoms with van der Waals surface area (Å²) in [6.07, 6.45) is 6.03. The van der Waals surface area contributed by atoms with Crippen molar-refractivity contribution in [3.05, 3.63) is 58.8 Å². The fourth-order valence-electron chi connectivity index (χ4n) is 1.86. The zero-order valence-corrected chi connectivity index (χ0v) is 12.0. The van der Waals surface area contributed by atoms with Gasteiger partial charge in [0.15, 0.2) is 17.4 Å². The third kappa shape index (κ3) is 3.04. The van der Waals surface area contributed by atoms with Crippen molar-refractivity contribution in [2.24, 2.45) is 0 Å². The molecule has 0 spiro atoms. The lowest BCUT2D eigenvalue weighted by molar-refractivity contribution is -0.605. The van der Waals surface area contributed by atoms with Gasteiger partial charge in [0.25, 0.3) is 5.91 Å². The molecule has 3 heterocycles. The van der Waals surface area contributed by atoms with E-state index in [0.717, 1.165) is 11.2 Å². The summed E-state index contributed by atoms with van der Waals surface area (Å²) < 4.78 is 2.33. The number of hydrazine groups is 1. The van der Waals surface area contributed by atoms with Crippen molar-refractivity contribution < 1.29 is 14.3 Å². The third-order valence-corrected chi connectivity index (χ3v) is 3.61. The number of amides is 2. The molecular formula is C13H11N5O3S. The summed E-state index contributed by atoms with van der Waals surface area (Å²) in [5.74, 6) is -0.964. The molecular weight excluding hydrogens is 306 g/mol. The summed E-state index contributed by atoms with van der Waals surface area (Å²) in [7, 11) is 0. The van der Waals surface area contributed by atoms with Crippen molar-refractivity contribution in [2.45, 2.75) is 6.42 Å². The molecule has 3 aromatic rings. The van der Waals surface area contributed by atoms with Crippen LogP contribution in [0.5, 0.6) is 0 Å².